The molecule has 0 spiro atoms. The van der Waals surface area contributed by atoms with Crippen molar-refractivity contribution in [1.29, 1.82) is 5.26 Å². The highest BCUT2D eigenvalue weighted by Crippen LogP contribution is 2.29. The lowest BCUT2D eigenvalue weighted by atomic mass is 10.00. The van der Waals surface area contributed by atoms with Crippen molar-refractivity contribution in [2.75, 3.05) is 44.7 Å². The first-order chi connectivity index (χ1) is 12.2. The number of carbonyl (C=O) groups is 1. The molecule has 6 nitrogen and oxygen atoms in total. The van der Waals surface area contributed by atoms with Crippen molar-refractivity contribution in [2.45, 2.75) is 31.2 Å². The highest BCUT2D eigenvalue weighted by molar-refractivity contribution is 5.78. The molecule has 1 amide bonds. The van der Waals surface area contributed by atoms with Crippen molar-refractivity contribution in [3.63, 3.8) is 0 Å². The summed E-state index contributed by atoms with van der Waals surface area (Å²) < 4.78 is 5.44. The fraction of sp³-hybridized carbons (Fsp3) is 0.579. The molecule has 3 rings (SSSR count). The molecule has 1 aromatic rings. The first-order valence-corrected chi connectivity index (χ1v) is 9.09. The lowest BCUT2D eigenvalue weighted by molar-refractivity contribution is -0.892. The largest absolute Gasteiger partial charge is 0.495 e. The van der Waals surface area contributed by atoms with Crippen molar-refractivity contribution in [1.82, 2.24) is 5.32 Å². The molecule has 1 aliphatic heterocycles. The molecular formula is C19H27N4O2+. The molecule has 0 atom stereocenters. The Morgan fingerprint density at radius 1 is 1.32 bits per heavy atom. The van der Waals surface area contributed by atoms with Crippen LogP contribution in [0.5, 0.6) is 5.75 Å². The van der Waals surface area contributed by atoms with E-state index in [4.69, 9.17) is 4.74 Å². The van der Waals surface area contributed by atoms with Gasteiger partial charge in [-0.1, -0.05) is 12.1 Å². The summed E-state index contributed by atoms with van der Waals surface area (Å²) in [4.78, 5) is 16.0. The molecule has 0 aromatic heterocycles. The number of amides is 1. The Hall–Kier alpha value is -2.26. The molecule has 1 heterocycles. The van der Waals surface area contributed by atoms with Crippen LogP contribution >= 0.6 is 0 Å². The number of hydrogen-bond donors (Lipinski definition) is 2. The van der Waals surface area contributed by atoms with E-state index in [9.17, 15) is 10.1 Å². The van der Waals surface area contributed by atoms with Crippen molar-refractivity contribution >= 4 is 11.6 Å². The summed E-state index contributed by atoms with van der Waals surface area (Å²) in [5, 5.41) is 12.4. The second kappa shape index (κ2) is 7.75. The maximum Gasteiger partial charge on any atom is 0.276 e. The smallest absolute Gasteiger partial charge is 0.276 e. The van der Waals surface area contributed by atoms with Crippen LogP contribution in [0.25, 0.3) is 0 Å². The Balaban J connectivity index is 1.51. The molecule has 2 N–H and O–H groups in total. The van der Waals surface area contributed by atoms with Crippen LogP contribution in [0, 0.1) is 11.3 Å². The van der Waals surface area contributed by atoms with Gasteiger partial charge >= 0.3 is 0 Å². The number of ether oxygens (including phenoxy) is 1. The molecule has 25 heavy (non-hydrogen) atoms. The van der Waals surface area contributed by atoms with E-state index in [1.807, 2.05) is 18.2 Å². The summed E-state index contributed by atoms with van der Waals surface area (Å²) in [6.45, 7) is 4.05. The number of quaternary nitrogens is 1. The topological polar surface area (TPSA) is 69.8 Å². The summed E-state index contributed by atoms with van der Waals surface area (Å²) in [5.74, 6) is 0.894. The monoisotopic (exact) mass is 343 g/mol. The molecule has 0 radical (unpaired) electrons. The summed E-state index contributed by atoms with van der Waals surface area (Å²) in [6, 6.07) is 10.4. The average Bonchev–Trinajstić information content (AvgIpc) is 3.11. The quantitative estimate of drug-likeness (QED) is 0.810. The summed E-state index contributed by atoms with van der Waals surface area (Å²) >= 11 is 0. The lowest BCUT2D eigenvalue weighted by Gasteiger charge is -2.34. The molecule has 1 saturated carbocycles. The predicted molar refractivity (Wildman–Crippen MR) is 95.7 cm³/mol. The van der Waals surface area contributed by atoms with Gasteiger partial charge in [-0.25, -0.2) is 0 Å². The molecule has 0 unspecified atom stereocenters. The van der Waals surface area contributed by atoms with E-state index in [-0.39, 0.29) is 5.91 Å². The maximum atomic E-state index is 12.4. The molecule has 134 valence electrons. The van der Waals surface area contributed by atoms with E-state index in [0.29, 0.717) is 6.54 Å². The third kappa shape index (κ3) is 4.05. The zero-order chi connectivity index (χ0) is 17.7. The van der Waals surface area contributed by atoms with Crippen molar-refractivity contribution < 1.29 is 14.4 Å². The summed E-state index contributed by atoms with van der Waals surface area (Å²) in [7, 11) is 1.69. The zero-order valence-electron chi connectivity index (χ0n) is 14.9. The van der Waals surface area contributed by atoms with Gasteiger partial charge in [0.1, 0.15) is 11.3 Å². The second-order valence-electron chi connectivity index (χ2n) is 7.03. The first kappa shape index (κ1) is 17.6. The third-order valence-electron chi connectivity index (χ3n) is 5.36. The SMILES string of the molecule is COc1ccccc1N1CC[NH+](CC(=O)NC2(C#N)CCCC2)CC1. The van der Waals surface area contributed by atoms with Crippen molar-refractivity contribution in [3.05, 3.63) is 24.3 Å². The van der Waals surface area contributed by atoms with Gasteiger partial charge in [-0.05, 0) is 37.8 Å². The Labute approximate surface area is 149 Å². The number of hydrogen-bond acceptors (Lipinski definition) is 4. The normalized spacial score (nSPS) is 20.1. The van der Waals surface area contributed by atoms with Crippen LogP contribution in [0.4, 0.5) is 5.69 Å². The molecule has 1 aromatic carbocycles. The van der Waals surface area contributed by atoms with Crippen LogP contribution in [0.15, 0.2) is 24.3 Å². The van der Waals surface area contributed by atoms with Gasteiger partial charge in [0.25, 0.3) is 5.91 Å². The van der Waals surface area contributed by atoms with E-state index < -0.39 is 5.54 Å². The molecule has 0 bridgehead atoms. The van der Waals surface area contributed by atoms with Gasteiger partial charge in [0.15, 0.2) is 6.54 Å². The van der Waals surface area contributed by atoms with Gasteiger partial charge < -0.3 is 19.9 Å². The van der Waals surface area contributed by atoms with E-state index in [2.05, 4.69) is 22.4 Å². The van der Waals surface area contributed by atoms with Crippen LogP contribution in [0.3, 0.4) is 0 Å². The van der Waals surface area contributed by atoms with Crippen LogP contribution in [-0.2, 0) is 4.79 Å². The predicted octanol–water partition coefficient (Wildman–Crippen LogP) is 0.353. The number of piperazine rings is 1. The van der Waals surface area contributed by atoms with Crippen molar-refractivity contribution in [2.24, 2.45) is 0 Å². The highest BCUT2D eigenvalue weighted by atomic mass is 16.5. The number of methoxy groups -OCH3 is 1. The Morgan fingerprint density at radius 2 is 2.00 bits per heavy atom. The first-order valence-electron chi connectivity index (χ1n) is 9.09. The van der Waals surface area contributed by atoms with E-state index in [1.165, 1.54) is 4.90 Å². The van der Waals surface area contributed by atoms with Crippen molar-refractivity contribution in [3.8, 4) is 11.8 Å². The highest BCUT2D eigenvalue weighted by Gasteiger charge is 2.36. The number of rotatable bonds is 5. The van der Waals surface area contributed by atoms with Crippen LogP contribution in [-0.4, -0.2) is 51.3 Å². The van der Waals surface area contributed by atoms with Crippen LogP contribution < -0.4 is 19.9 Å². The number of para-hydroxylation sites is 2. The molecule has 1 saturated heterocycles. The molecule has 2 fully saturated rings. The van der Waals surface area contributed by atoms with E-state index in [0.717, 1.165) is 63.3 Å². The Bertz CT molecular complexity index is 641. The van der Waals surface area contributed by atoms with Gasteiger partial charge in [-0.3, -0.25) is 4.79 Å². The average molecular weight is 343 g/mol. The number of carbonyl (C=O) groups excluding carboxylic acids is 1. The Kier molecular flexibility index (Phi) is 5.44. The minimum absolute atomic E-state index is 0.00388. The third-order valence-corrected chi connectivity index (χ3v) is 5.36. The maximum absolute atomic E-state index is 12.4. The van der Waals surface area contributed by atoms with Gasteiger partial charge in [-0.15, -0.1) is 0 Å². The summed E-state index contributed by atoms with van der Waals surface area (Å²) in [5.41, 5.74) is 0.498. The van der Waals surface area contributed by atoms with Gasteiger partial charge in [-0.2, -0.15) is 5.26 Å². The number of nitrogens with zero attached hydrogens (tertiary/aromatic N) is 2. The Morgan fingerprint density at radius 3 is 2.64 bits per heavy atom. The second-order valence-corrected chi connectivity index (χ2v) is 7.03. The molecule has 1 aliphatic carbocycles. The molecule has 2 aliphatic rings. The van der Waals surface area contributed by atoms with E-state index >= 15 is 0 Å². The van der Waals surface area contributed by atoms with Gasteiger partial charge in [0.2, 0.25) is 0 Å². The van der Waals surface area contributed by atoms with Crippen LogP contribution in [0.1, 0.15) is 25.7 Å². The fourth-order valence-corrected chi connectivity index (χ4v) is 3.91. The van der Waals surface area contributed by atoms with Gasteiger partial charge in [0.05, 0.1) is 45.0 Å². The zero-order valence-corrected chi connectivity index (χ0v) is 14.9. The number of nitriles is 1. The lowest BCUT2D eigenvalue weighted by Crippen LogP contribution is -3.16. The standard InChI is InChI=1S/C19H26N4O2/c1-25-17-7-3-2-6-16(17)23-12-10-22(11-13-23)14-18(24)21-19(15-20)8-4-5-9-19/h2-3,6-7H,4-5,8-14H2,1H3,(H,21,24)/p+1. The fourth-order valence-electron chi connectivity index (χ4n) is 3.91. The number of nitrogens with one attached hydrogen (secondary N) is 2. The van der Waals surface area contributed by atoms with E-state index in [1.54, 1.807) is 7.11 Å². The minimum atomic E-state index is -0.615. The van der Waals surface area contributed by atoms with Gasteiger partial charge in [0, 0.05) is 0 Å². The number of anilines is 1. The molecular weight excluding hydrogens is 316 g/mol. The number of benzene rings is 1. The minimum Gasteiger partial charge on any atom is -0.495 e. The molecule has 6 heteroatoms. The van der Waals surface area contributed by atoms with Crippen LogP contribution in [0.2, 0.25) is 0 Å². The summed E-state index contributed by atoms with van der Waals surface area (Å²) in [6.07, 6.45) is 3.62.